The van der Waals surface area contributed by atoms with Crippen LogP contribution in [0, 0.1) is 0 Å². The van der Waals surface area contributed by atoms with Crippen molar-refractivity contribution in [3.8, 4) is 0 Å². The summed E-state index contributed by atoms with van der Waals surface area (Å²) >= 11 is 0. The molecule has 1 aliphatic heterocycles. The number of sulfonamides is 4. The van der Waals surface area contributed by atoms with Gasteiger partial charge in [0.05, 0.1) is 19.6 Å². The standard InChI is InChI=1S/C76H116N4O8S4/c1-49(2)61-41-65(53(9)10)73(66(42-61)54(11)12)89(81,82)77-33-25-27-35-78(90(83,84)74-67(55(13)14)43-62(50(3)4)44-68(74)56(15)16)37-29-31-39-80(92(87,88)76-71(59(21)22)47-64(52(7)8)48-72(76)60(23)24)40-32-30-38-79(36-28-26-34-77)91(85,86)75-69(57(17)18)45-63(51(5)6)46-70(75)58(19)20/h25-32,41-60H,33-40H2,1-24H3/b27-25-,28-26+,31-29+,32-30+. The molecule has 16 heteroatoms. The van der Waals surface area contributed by atoms with Crippen LogP contribution in [0.1, 0.15) is 304 Å². The van der Waals surface area contributed by atoms with Crippen molar-refractivity contribution in [3.63, 3.8) is 0 Å². The maximum atomic E-state index is 15.8. The molecule has 512 valence electrons. The lowest BCUT2D eigenvalue weighted by Gasteiger charge is -2.28. The van der Waals surface area contributed by atoms with Gasteiger partial charge in [0.1, 0.15) is 0 Å². The second kappa shape index (κ2) is 32.5. The molecule has 4 aromatic rings. The number of hydrogen-bond donors (Lipinski definition) is 0. The smallest absolute Gasteiger partial charge is 0.207 e. The van der Waals surface area contributed by atoms with Gasteiger partial charge in [-0.15, -0.1) is 0 Å². The molecule has 0 unspecified atom stereocenters. The first-order valence-corrected chi connectivity index (χ1v) is 39.7. The maximum absolute atomic E-state index is 15.8. The number of benzene rings is 4. The van der Waals surface area contributed by atoms with Crippen molar-refractivity contribution in [2.75, 3.05) is 52.4 Å². The summed E-state index contributed by atoms with van der Waals surface area (Å²) in [5, 5.41) is 0. The van der Waals surface area contributed by atoms with E-state index in [-0.39, 0.29) is 143 Å². The molecule has 5 rings (SSSR count). The summed E-state index contributed by atoms with van der Waals surface area (Å²) in [4.78, 5) is 0.985. The fraction of sp³-hybridized carbons (Fsp3) is 0.579. The zero-order chi connectivity index (χ0) is 69.4. The molecule has 0 N–H and O–H groups in total. The average Bonchev–Trinajstić information content (AvgIpc) is 0.787. The van der Waals surface area contributed by atoms with Crippen molar-refractivity contribution in [2.45, 2.75) is 257 Å². The summed E-state index contributed by atoms with van der Waals surface area (Å²) in [5.74, 6) is -0.708. The molecule has 0 bridgehead atoms. The Morgan fingerprint density at radius 3 is 0.402 bits per heavy atom. The second-order valence-electron chi connectivity index (χ2n) is 29.1. The molecule has 1 aliphatic rings. The minimum Gasteiger partial charge on any atom is -0.207 e. The highest BCUT2D eigenvalue weighted by Gasteiger charge is 2.37. The van der Waals surface area contributed by atoms with Gasteiger partial charge in [0.2, 0.25) is 40.1 Å². The van der Waals surface area contributed by atoms with Crippen molar-refractivity contribution >= 4 is 40.1 Å². The van der Waals surface area contributed by atoms with E-state index in [0.717, 1.165) is 22.3 Å². The van der Waals surface area contributed by atoms with E-state index in [4.69, 9.17) is 0 Å². The Hall–Kier alpha value is -4.52. The van der Waals surface area contributed by atoms with Gasteiger partial charge in [-0.1, -0.05) is 263 Å². The Bertz CT molecular complexity index is 3150. The Morgan fingerprint density at radius 1 is 0.207 bits per heavy atom. The normalized spacial score (nSPS) is 17.6. The van der Waals surface area contributed by atoms with Crippen LogP contribution in [0.3, 0.4) is 0 Å². The van der Waals surface area contributed by atoms with Crippen LogP contribution in [0.25, 0.3) is 0 Å². The van der Waals surface area contributed by atoms with Gasteiger partial charge in [0, 0.05) is 52.4 Å². The predicted molar refractivity (Wildman–Crippen MR) is 386 cm³/mol. The first-order valence-electron chi connectivity index (χ1n) is 33.9. The molecule has 0 aromatic heterocycles. The quantitative estimate of drug-likeness (QED) is 0.0794. The third-order valence-electron chi connectivity index (χ3n) is 17.8. The first-order chi connectivity index (χ1) is 42.6. The molecular weight excluding hydrogens is 1230 g/mol. The van der Waals surface area contributed by atoms with Crippen molar-refractivity contribution in [3.05, 3.63) is 164 Å². The molecule has 12 nitrogen and oxygen atoms in total. The largest absolute Gasteiger partial charge is 0.244 e. The summed E-state index contributed by atoms with van der Waals surface area (Å²) < 4.78 is 132. The third kappa shape index (κ3) is 18.1. The molecule has 0 radical (unpaired) electrons. The van der Waals surface area contributed by atoms with Crippen molar-refractivity contribution in [1.29, 1.82) is 0 Å². The molecule has 0 atom stereocenters. The first kappa shape index (κ1) is 78.2. The van der Waals surface area contributed by atoms with E-state index < -0.39 is 40.1 Å². The van der Waals surface area contributed by atoms with Crippen LogP contribution in [-0.4, -0.2) is 103 Å². The van der Waals surface area contributed by atoms with E-state index in [2.05, 4.69) is 55.4 Å². The summed E-state index contributed by atoms with van der Waals surface area (Å²) in [6, 6.07) is 16.1. The lowest BCUT2D eigenvalue weighted by molar-refractivity contribution is 0.455. The van der Waals surface area contributed by atoms with Crippen LogP contribution >= 0.6 is 0 Å². The van der Waals surface area contributed by atoms with Gasteiger partial charge in [0.25, 0.3) is 0 Å². The summed E-state index contributed by atoms with van der Waals surface area (Å²) in [5.41, 5.74) is 9.83. The number of nitrogens with zero attached hydrogens (tertiary/aromatic N) is 4. The molecular formula is C76H116N4O8S4. The summed E-state index contributed by atoms with van der Waals surface area (Å²) in [6.07, 6.45) is 13.6. The lowest BCUT2D eigenvalue weighted by Crippen LogP contribution is -2.36. The minimum atomic E-state index is -4.31. The van der Waals surface area contributed by atoms with Gasteiger partial charge >= 0.3 is 0 Å². The fourth-order valence-corrected chi connectivity index (χ4v) is 19.9. The zero-order valence-electron chi connectivity index (χ0n) is 60.5. The minimum absolute atomic E-state index is 0.138. The van der Waals surface area contributed by atoms with Crippen LogP contribution in [-0.2, 0) is 40.1 Å². The van der Waals surface area contributed by atoms with E-state index in [1.807, 2.05) is 159 Å². The van der Waals surface area contributed by atoms with Crippen molar-refractivity contribution in [1.82, 2.24) is 17.2 Å². The molecule has 0 spiro atoms. The molecule has 0 saturated heterocycles. The SMILES string of the molecule is CC(C)c1cc(C(C)C)c(S(=O)(=O)N2C/C=C\CN(S(=O)(=O)c3c(C(C)C)cc(C(C)C)cc3C(C)C)C/C=C/CN(S(=O)(=O)c3c(C(C)C)cc(C(C)C)cc3C(C)C)C/C=C/CN(S(=O)(=O)c3c(C(C)C)cc(C(C)C)cc3C(C)C)C/C=C/C2)c(C(C)C)c1. The van der Waals surface area contributed by atoms with E-state index in [0.29, 0.717) is 44.5 Å². The van der Waals surface area contributed by atoms with Gasteiger partial charge in [-0.05, 0) is 138 Å². The molecule has 0 aliphatic carbocycles. The van der Waals surface area contributed by atoms with Crippen LogP contribution in [0.15, 0.2) is 117 Å². The maximum Gasteiger partial charge on any atom is 0.244 e. The highest BCUT2D eigenvalue weighted by Crippen LogP contribution is 2.42. The molecule has 0 fully saturated rings. The predicted octanol–water partition coefficient (Wildman–Crippen LogP) is 18.5. The van der Waals surface area contributed by atoms with Crippen LogP contribution in [0.5, 0.6) is 0 Å². The third-order valence-corrected chi connectivity index (χ3v) is 25.7. The lowest BCUT2D eigenvalue weighted by atomic mass is 9.89. The van der Waals surface area contributed by atoms with Crippen LogP contribution in [0.2, 0.25) is 0 Å². The monoisotopic (exact) mass is 1340 g/mol. The Morgan fingerprint density at radius 2 is 0.315 bits per heavy atom. The Labute approximate surface area is 560 Å². The number of rotatable bonds is 20. The van der Waals surface area contributed by atoms with Crippen LogP contribution < -0.4 is 0 Å². The average molecular weight is 1340 g/mol. The molecule has 4 aromatic carbocycles. The molecule has 92 heavy (non-hydrogen) atoms. The molecule has 1 heterocycles. The molecule has 0 amide bonds. The zero-order valence-corrected chi connectivity index (χ0v) is 63.8. The fourth-order valence-electron chi connectivity index (χ4n) is 11.9. The van der Waals surface area contributed by atoms with E-state index in [1.165, 1.54) is 17.2 Å². The summed E-state index contributed by atoms with van der Waals surface area (Å²) in [6.45, 7) is 47.7. The highest BCUT2D eigenvalue weighted by molar-refractivity contribution is 7.90. The highest BCUT2D eigenvalue weighted by atomic mass is 32.2. The second-order valence-corrected chi connectivity index (χ2v) is 36.6. The van der Waals surface area contributed by atoms with Crippen LogP contribution in [0.4, 0.5) is 0 Å². The van der Waals surface area contributed by atoms with Gasteiger partial charge in [-0.2, -0.15) is 17.2 Å². The Balaban J connectivity index is 1.86. The molecule has 0 saturated carbocycles. The van der Waals surface area contributed by atoms with E-state index in [1.54, 1.807) is 48.6 Å². The topological polar surface area (TPSA) is 150 Å². The van der Waals surface area contributed by atoms with Gasteiger partial charge < -0.3 is 0 Å². The van der Waals surface area contributed by atoms with Gasteiger partial charge in [-0.3, -0.25) is 0 Å². The Kier molecular flexibility index (Phi) is 27.6. The van der Waals surface area contributed by atoms with Crippen molar-refractivity contribution < 1.29 is 33.7 Å². The van der Waals surface area contributed by atoms with E-state index in [9.17, 15) is 0 Å². The van der Waals surface area contributed by atoms with Gasteiger partial charge in [0.15, 0.2) is 0 Å². The summed E-state index contributed by atoms with van der Waals surface area (Å²) in [7, 11) is -17.3. The van der Waals surface area contributed by atoms with Crippen molar-refractivity contribution in [2.24, 2.45) is 0 Å². The van der Waals surface area contributed by atoms with Gasteiger partial charge in [-0.25, -0.2) is 33.7 Å². The number of hydrogen-bond acceptors (Lipinski definition) is 8. The van der Waals surface area contributed by atoms with E-state index >= 15 is 33.7 Å².